The highest BCUT2D eigenvalue weighted by atomic mass is 16.5. The van der Waals surface area contributed by atoms with Crippen LogP contribution in [-0.4, -0.2) is 36.4 Å². The first-order valence-electron chi connectivity index (χ1n) is 12.8. The average Bonchev–Trinajstić information content (AvgIpc) is 3.09. The van der Waals surface area contributed by atoms with Crippen molar-refractivity contribution in [2.45, 2.75) is 97.6 Å². The van der Waals surface area contributed by atoms with Crippen LogP contribution in [-0.2, 0) is 19.1 Å². The number of fused-ring (bicyclic) bond motifs is 5. The summed E-state index contributed by atoms with van der Waals surface area (Å²) in [5, 5.41) is 2.55. The molecule has 4 aliphatic rings. The van der Waals surface area contributed by atoms with E-state index in [1.807, 2.05) is 0 Å². The van der Waals surface area contributed by atoms with Crippen LogP contribution in [0.4, 0.5) is 0 Å². The van der Waals surface area contributed by atoms with E-state index in [0.717, 1.165) is 37.5 Å². The summed E-state index contributed by atoms with van der Waals surface area (Å²) in [6, 6.07) is -0.628. The Morgan fingerprint density at radius 1 is 1.00 bits per heavy atom. The lowest BCUT2D eigenvalue weighted by atomic mass is 9.44. The molecular weight excluding hydrogens is 404 g/mol. The van der Waals surface area contributed by atoms with Crippen LogP contribution in [0.1, 0.15) is 85.5 Å². The van der Waals surface area contributed by atoms with E-state index in [1.54, 1.807) is 13.8 Å². The third-order valence-electron chi connectivity index (χ3n) is 10.2. The van der Waals surface area contributed by atoms with E-state index < -0.39 is 6.04 Å². The smallest absolute Gasteiger partial charge is 0.325 e. The molecule has 4 rings (SSSR count). The van der Waals surface area contributed by atoms with Gasteiger partial charge in [0.05, 0.1) is 6.04 Å². The van der Waals surface area contributed by atoms with Gasteiger partial charge in [-0.05, 0) is 106 Å². The fourth-order valence-corrected chi connectivity index (χ4v) is 8.54. The Hall–Kier alpha value is -1.43. The van der Waals surface area contributed by atoms with E-state index in [9.17, 15) is 14.4 Å². The molecule has 4 saturated carbocycles. The third kappa shape index (κ3) is 4.01. The molecule has 0 aromatic rings. The Labute approximate surface area is 192 Å². The highest BCUT2D eigenvalue weighted by molar-refractivity contribution is 5.85. The van der Waals surface area contributed by atoms with E-state index in [2.05, 4.69) is 19.2 Å². The number of ketones is 1. The van der Waals surface area contributed by atoms with Crippen molar-refractivity contribution in [2.75, 3.05) is 6.54 Å². The van der Waals surface area contributed by atoms with Gasteiger partial charge in [0.15, 0.2) is 0 Å². The Kier molecular flexibility index (Phi) is 6.47. The maximum atomic E-state index is 12.3. The highest BCUT2D eigenvalue weighted by Crippen LogP contribution is 2.67. The number of hydrogen-bond donors (Lipinski definition) is 2. The van der Waals surface area contributed by atoms with Crippen molar-refractivity contribution in [2.24, 2.45) is 46.2 Å². The highest BCUT2D eigenvalue weighted by Gasteiger charge is 2.60. The van der Waals surface area contributed by atoms with Gasteiger partial charge in [0.1, 0.15) is 18.4 Å². The van der Waals surface area contributed by atoms with Crippen LogP contribution in [0.5, 0.6) is 0 Å². The Morgan fingerprint density at radius 3 is 2.38 bits per heavy atom. The molecule has 0 heterocycles. The van der Waals surface area contributed by atoms with Crippen LogP contribution in [0.2, 0.25) is 0 Å². The molecule has 4 fully saturated rings. The third-order valence-corrected chi connectivity index (χ3v) is 10.2. The molecule has 6 nitrogen and oxygen atoms in total. The van der Waals surface area contributed by atoms with Crippen LogP contribution in [0.3, 0.4) is 0 Å². The summed E-state index contributed by atoms with van der Waals surface area (Å²) < 4.78 is 5.75. The maximum absolute atomic E-state index is 12.3. The van der Waals surface area contributed by atoms with Crippen LogP contribution < -0.4 is 11.1 Å². The Bertz CT molecular complexity index is 767. The standard InChI is InChI=1S/C26H42N2O4/c1-15(27)24(31)28-14-23(30)32-18-9-11-25(3)17(13-18)5-6-19-21-8-7-20(16(2)29)26(21,4)12-10-22(19)25/h15,17-22H,5-14,27H2,1-4H3,(H,28,31)/t15-,17-,18+,19-,20+,21-,22-,25-,26+/m0/s1. The summed E-state index contributed by atoms with van der Waals surface area (Å²) in [7, 11) is 0. The first-order valence-corrected chi connectivity index (χ1v) is 12.8. The van der Waals surface area contributed by atoms with E-state index >= 15 is 0 Å². The van der Waals surface area contributed by atoms with Crippen molar-refractivity contribution in [3.8, 4) is 0 Å². The molecule has 1 amide bonds. The number of nitrogens with one attached hydrogen (secondary N) is 1. The van der Waals surface area contributed by atoms with Gasteiger partial charge in [-0.25, -0.2) is 0 Å². The summed E-state index contributed by atoms with van der Waals surface area (Å²) >= 11 is 0. The van der Waals surface area contributed by atoms with Gasteiger partial charge in [0.2, 0.25) is 5.91 Å². The lowest BCUT2D eigenvalue weighted by molar-refractivity contribution is -0.162. The monoisotopic (exact) mass is 446 g/mol. The number of nitrogens with two attached hydrogens (primary N) is 1. The molecular formula is C26H42N2O4. The zero-order valence-corrected chi connectivity index (χ0v) is 20.3. The molecule has 180 valence electrons. The average molecular weight is 447 g/mol. The minimum atomic E-state index is -0.628. The van der Waals surface area contributed by atoms with Gasteiger partial charge >= 0.3 is 5.97 Å². The van der Waals surface area contributed by atoms with Crippen molar-refractivity contribution in [1.29, 1.82) is 0 Å². The normalized spacial score (nSPS) is 43.9. The van der Waals surface area contributed by atoms with Crippen molar-refractivity contribution in [3.05, 3.63) is 0 Å². The van der Waals surface area contributed by atoms with Crippen LogP contribution in [0, 0.1) is 40.4 Å². The lowest BCUT2D eigenvalue weighted by Gasteiger charge is -2.61. The zero-order valence-electron chi connectivity index (χ0n) is 20.3. The number of carbonyl (C=O) groups excluding carboxylic acids is 3. The summed E-state index contributed by atoms with van der Waals surface area (Å²) in [4.78, 5) is 36.2. The van der Waals surface area contributed by atoms with Gasteiger partial charge in [-0.1, -0.05) is 13.8 Å². The number of carbonyl (C=O) groups is 3. The molecule has 0 aliphatic heterocycles. The second-order valence-corrected chi connectivity index (χ2v) is 11.8. The van der Waals surface area contributed by atoms with Crippen LogP contribution >= 0.6 is 0 Å². The fourth-order valence-electron chi connectivity index (χ4n) is 8.54. The molecule has 0 aromatic carbocycles. The first-order chi connectivity index (χ1) is 15.1. The SMILES string of the molecule is CC(=O)[C@H]1CC[C@H]2[C@@H]3CC[C@H]4C[C@H](OC(=O)CNC(=O)[C@H](C)N)CC[C@]4(C)[C@H]3CC[C@]12C. The number of amides is 1. The van der Waals surface area contributed by atoms with Crippen LogP contribution in [0.15, 0.2) is 0 Å². The molecule has 6 heteroatoms. The van der Waals surface area contributed by atoms with Gasteiger partial charge in [-0.2, -0.15) is 0 Å². The molecule has 32 heavy (non-hydrogen) atoms. The van der Waals surface area contributed by atoms with E-state index in [-0.39, 0.29) is 35.9 Å². The second-order valence-electron chi connectivity index (χ2n) is 11.8. The van der Waals surface area contributed by atoms with Gasteiger partial charge < -0.3 is 15.8 Å². The second kappa shape index (κ2) is 8.73. The van der Waals surface area contributed by atoms with Gasteiger partial charge in [0.25, 0.3) is 0 Å². The van der Waals surface area contributed by atoms with E-state index in [4.69, 9.17) is 10.5 Å². The van der Waals surface area contributed by atoms with Gasteiger partial charge in [0, 0.05) is 5.92 Å². The quantitative estimate of drug-likeness (QED) is 0.629. The topological polar surface area (TPSA) is 98.5 Å². The summed E-state index contributed by atoms with van der Waals surface area (Å²) in [6.07, 6.45) is 10.1. The molecule has 0 unspecified atom stereocenters. The molecule has 9 atom stereocenters. The molecule has 0 aromatic heterocycles. The first kappa shape index (κ1) is 23.7. The fraction of sp³-hybridized carbons (Fsp3) is 0.885. The van der Waals surface area contributed by atoms with Crippen molar-refractivity contribution in [1.82, 2.24) is 5.32 Å². The van der Waals surface area contributed by atoms with Gasteiger partial charge in [-0.15, -0.1) is 0 Å². The molecule has 3 N–H and O–H groups in total. The predicted molar refractivity (Wildman–Crippen MR) is 122 cm³/mol. The number of ether oxygens (including phenoxy) is 1. The zero-order chi connectivity index (χ0) is 23.3. The number of esters is 1. The van der Waals surface area contributed by atoms with Crippen molar-refractivity contribution >= 4 is 17.7 Å². The number of Topliss-reactive ketones (excluding diaryl/α,β-unsaturated/α-hetero) is 1. The lowest BCUT2D eigenvalue weighted by Crippen LogP contribution is -2.54. The Morgan fingerprint density at radius 2 is 1.69 bits per heavy atom. The summed E-state index contributed by atoms with van der Waals surface area (Å²) in [5.41, 5.74) is 6.04. The number of hydrogen-bond acceptors (Lipinski definition) is 5. The van der Waals surface area contributed by atoms with Crippen LogP contribution in [0.25, 0.3) is 0 Å². The number of rotatable bonds is 5. The predicted octanol–water partition coefficient (Wildman–Crippen LogP) is 3.61. The maximum Gasteiger partial charge on any atom is 0.325 e. The summed E-state index contributed by atoms with van der Waals surface area (Å²) in [5.74, 6) is 2.71. The molecule has 0 bridgehead atoms. The minimum absolute atomic E-state index is 0.0493. The largest absolute Gasteiger partial charge is 0.461 e. The van der Waals surface area contributed by atoms with Gasteiger partial charge in [-0.3, -0.25) is 14.4 Å². The Balaban J connectivity index is 1.37. The van der Waals surface area contributed by atoms with E-state index in [0.29, 0.717) is 23.0 Å². The molecule has 0 radical (unpaired) electrons. The summed E-state index contributed by atoms with van der Waals surface area (Å²) in [6.45, 7) is 8.18. The van der Waals surface area contributed by atoms with Crippen molar-refractivity contribution < 1.29 is 19.1 Å². The minimum Gasteiger partial charge on any atom is -0.461 e. The molecule has 4 aliphatic carbocycles. The molecule has 0 spiro atoms. The van der Waals surface area contributed by atoms with E-state index in [1.165, 1.54) is 32.1 Å². The molecule has 0 saturated heterocycles. The van der Waals surface area contributed by atoms with Crippen molar-refractivity contribution in [3.63, 3.8) is 0 Å².